The van der Waals surface area contributed by atoms with Crippen molar-refractivity contribution in [1.82, 2.24) is 15.1 Å². The number of nitrogens with one attached hydrogen (secondary N) is 1. The molecular weight excluding hydrogens is 318 g/mol. The Kier molecular flexibility index (Phi) is 5.64. The molecule has 0 aromatic heterocycles. The molecule has 1 heterocycles. The van der Waals surface area contributed by atoms with E-state index in [1.54, 1.807) is 4.90 Å². The Morgan fingerprint density at radius 3 is 2.24 bits per heavy atom. The van der Waals surface area contributed by atoms with Gasteiger partial charge in [0.15, 0.2) is 0 Å². The van der Waals surface area contributed by atoms with E-state index in [9.17, 15) is 14.4 Å². The van der Waals surface area contributed by atoms with Crippen LogP contribution in [0.15, 0.2) is 0 Å². The average Bonchev–Trinajstić information content (AvgIpc) is 2.83. The second-order valence-electron chi connectivity index (χ2n) is 7.97. The average molecular weight is 349 g/mol. The van der Waals surface area contributed by atoms with Crippen molar-refractivity contribution in [2.45, 2.75) is 88.6 Å². The van der Waals surface area contributed by atoms with E-state index in [0.717, 1.165) is 56.3 Å². The number of likely N-dealkylation sites (N-methyl/N-ethyl adjacent to an activating group) is 1. The van der Waals surface area contributed by atoms with Gasteiger partial charge in [-0.25, -0.2) is 4.79 Å². The number of rotatable bonds is 3. The van der Waals surface area contributed by atoms with Gasteiger partial charge in [0, 0.05) is 13.1 Å². The van der Waals surface area contributed by atoms with E-state index < -0.39 is 11.6 Å². The van der Waals surface area contributed by atoms with Gasteiger partial charge in [-0.05, 0) is 25.7 Å². The SMILES string of the molecule is CN(C(=O)CN1C(=O)NC2(CCCCCCC2)C1=O)C1CCCCC1. The van der Waals surface area contributed by atoms with Crippen molar-refractivity contribution in [3.63, 3.8) is 0 Å². The normalized spacial score (nSPS) is 24.8. The van der Waals surface area contributed by atoms with Crippen molar-refractivity contribution in [3.05, 3.63) is 0 Å². The van der Waals surface area contributed by atoms with E-state index in [2.05, 4.69) is 5.32 Å². The van der Waals surface area contributed by atoms with Crippen molar-refractivity contribution < 1.29 is 14.4 Å². The summed E-state index contributed by atoms with van der Waals surface area (Å²) >= 11 is 0. The van der Waals surface area contributed by atoms with Crippen LogP contribution < -0.4 is 5.32 Å². The smallest absolute Gasteiger partial charge is 0.325 e. The number of urea groups is 1. The number of nitrogens with zero attached hydrogens (tertiary/aromatic N) is 2. The van der Waals surface area contributed by atoms with E-state index in [1.165, 1.54) is 12.8 Å². The summed E-state index contributed by atoms with van der Waals surface area (Å²) in [4.78, 5) is 40.9. The van der Waals surface area contributed by atoms with Crippen LogP contribution >= 0.6 is 0 Å². The number of imide groups is 1. The standard InChI is InChI=1S/C19H31N3O3/c1-21(15-10-6-5-7-11-15)16(23)14-22-17(24)19(20-18(22)25)12-8-3-2-4-9-13-19/h15H,2-14H2,1H3,(H,20,25). The Bertz CT molecular complexity index is 520. The molecule has 3 rings (SSSR count). The second-order valence-corrected chi connectivity index (χ2v) is 7.97. The highest BCUT2D eigenvalue weighted by Crippen LogP contribution is 2.32. The minimum atomic E-state index is -0.763. The lowest BCUT2D eigenvalue weighted by atomic mass is 9.84. The zero-order chi connectivity index (χ0) is 17.9. The fourth-order valence-electron chi connectivity index (χ4n) is 4.59. The third kappa shape index (κ3) is 3.82. The quantitative estimate of drug-likeness (QED) is 0.797. The molecule has 1 aliphatic heterocycles. The monoisotopic (exact) mass is 349 g/mol. The number of amides is 4. The summed E-state index contributed by atoms with van der Waals surface area (Å²) in [6.07, 6.45) is 12.3. The van der Waals surface area contributed by atoms with Gasteiger partial charge < -0.3 is 10.2 Å². The molecule has 3 fully saturated rings. The van der Waals surface area contributed by atoms with Crippen LogP contribution in [0.2, 0.25) is 0 Å². The van der Waals surface area contributed by atoms with Crippen LogP contribution in [0, 0.1) is 0 Å². The molecule has 0 bridgehead atoms. The van der Waals surface area contributed by atoms with E-state index in [4.69, 9.17) is 0 Å². The summed E-state index contributed by atoms with van der Waals surface area (Å²) in [7, 11) is 1.81. The molecule has 1 N–H and O–H groups in total. The molecule has 0 aromatic carbocycles. The summed E-state index contributed by atoms with van der Waals surface area (Å²) < 4.78 is 0. The van der Waals surface area contributed by atoms with Crippen LogP contribution in [-0.4, -0.2) is 52.8 Å². The maximum Gasteiger partial charge on any atom is 0.325 e. The van der Waals surface area contributed by atoms with Gasteiger partial charge in [-0.3, -0.25) is 14.5 Å². The Morgan fingerprint density at radius 1 is 1.04 bits per heavy atom. The minimum Gasteiger partial charge on any atom is -0.341 e. The Morgan fingerprint density at radius 2 is 1.60 bits per heavy atom. The van der Waals surface area contributed by atoms with Gasteiger partial charge in [-0.15, -0.1) is 0 Å². The second kappa shape index (κ2) is 7.75. The summed E-state index contributed by atoms with van der Waals surface area (Å²) in [6.45, 7) is -0.126. The molecule has 25 heavy (non-hydrogen) atoms. The molecule has 2 saturated carbocycles. The Balaban J connectivity index is 1.64. The molecule has 0 atom stereocenters. The predicted molar refractivity (Wildman–Crippen MR) is 94.9 cm³/mol. The molecule has 1 saturated heterocycles. The molecule has 3 aliphatic rings. The molecule has 6 nitrogen and oxygen atoms in total. The Labute approximate surface area is 150 Å². The summed E-state index contributed by atoms with van der Waals surface area (Å²) in [6, 6.07) is -0.145. The largest absolute Gasteiger partial charge is 0.341 e. The van der Waals surface area contributed by atoms with E-state index in [1.807, 2.05) is 7.05 Å². The van der Waals surface area contributed by atoms with Gasteiger partial charge in [-0.1, -0.05) is 51.4 Å². The molecule has 1 spiro atoms. The first-order valence-electron chi connectivity index (χ1n) is 9.93. The molecule has 2 aliphatic carbocycles. The van der Waals surface area contributed by atoms with Crippen molar-refractivity contribution in [2.24, 2.45) is 0 Å². The van der Waals surface area contributed by atoms with Crippen LogP contribution in [-0.2, 0) is 9.59 Å². The third-order valence-electron chi connectivity index (χ3n) is 6.26. The number of hydrogen-bond acceptors (Lipinski definition) is 3. The first-order valence-corrected chi connectivity index (χ1v) is 9.93. The highest BCUT2D eigenvalue weighted by molar-refractivity contribution is 6.09. The highest BCUT2D eigenvalue weighted by Gasteiger charge is 2.51. The molecule has 6 heteroatoms. The predicted octanol–water partition coefficient (Wildman–Crippen LogP) is 2.81. The van der Waals surface area contributed by atoms with Crippen LogP contribution in [0.3, 0.4) is 0 Å². The van der Waals surface area contributed by atoms with Gasteiger partial charge in [0.05, 0.1) is 0 Å². The summed E-state index contributed by atoms with van der Waals surface area (Å²) in [5.74, 6) is -0.317. The first-order chi connectivity index (χ1) is 12.0. The van der Waals surface area contributed by atoms with Gasteiger partial charge in [0.2, 0.25) is 5.91 Å². The first kappa shape index (κ1) is 18.2. The highest BCUT2D eigenvalue weighted by atomic mass is 16.2. The lowest BCUT2D eigenvalue weighted by Gasteiger charge is -2.32. The van der Waals surface area contributed by atoms with E-state index in [-0.39, 0.29) is 24.4 Å². The Hall–Kier alpha value is -1.59. The lowest BCUT2D eigenvalue weighted by Crippen LogP contribution is -2.49. The summed E-state index contributed by atoms with van der Waals surface area (Å²) in [5.41, 5.74) is -0.763. The van der Waals surface area contributed by atoms with Gasteiger partial charge >= 0.3 is 6.03 Å². The third-order valence-corrected chi connectivity index (χ3v) is 6.26. The van der Waals surface area contributed by atoms with Gasteiger partial charge in [-0.2, -0.15) is 0 Å². The van der Waals surface area contributed by atoms with Crippen LogP contribution in [0.25, 0.3) is 0 Å². The van der Waals surface area contributed by atoms with E-state index in [0.29, 0.717) is 12.8 Å². The fraction of sp³-hybridized carbons (Fsp3) is 0.842. The minimum absolute atomic E-state index is 0.126. The molecule has 0 unspecified atom stereocenters. The van der Waals surface area contributed by atoms with E-state index >= 15 is 0 Å². The summed E-state index contributed by atoms with van der Waals surface area (Å²) in [5, 5.41) is 2.93. The fourth-order valence-corrected chi connectivity index (χ4v) is 4.59. The number of hydrogen-bond donors (Lipinski definition) is 1. The van der Waals surface area contributed by atoms with Crippen molar-refractivity contribution in [3.8, 4) is 0 Å². The maximum atomic E-state index is 13.0. The molecule has 0 aromatic rings. The molecule has 140 valence electrons. The van der Waals surface area contributed by atoms with Crippen LogP contribution in [0.1, 0.15) is 77.0 Å². The molecular formula is C19H31N3O3. The van der Waals surface area contributed by atoms with Crippen LogP contribution in [0.4, 0.5) is 4.79 Å². The number of carbonyl (C=O) groups excluding carboxylic acids is 3. The number of carbonyl (C=O) groups is 3. The topological polar surface area (TPSA) is 69.7 Å². The van der Waals surface area contributed by atoms with Crippen molar-refractivity contribution in [2.75, 3.05) is 13.6 Å². The van der Waals surface area contributed by atoms with Crippen molar-refractivity contribution in [1.29, 1.82) is 0 Å². The van der Waals surface area contributed by atoms with Crippen LogP contribution in [0.5, 0.6) is 0 Å². The zero-order valence-corrected chi connectivity index (χ0v) is 15.4. The molecule has 4 amide bonds. The maximum absolute atomic E-state index is 13.0. The zero-order valence-electron chi connectivity index (χ0n) is 15.4. The van der Waals surface area contributed by atoms with Gasteiger partial charge in [0.25, 0.3) is 5.91 Å². The molecule has 0 radical (unpaired) electrons. The lowest BCUT2D eigenvalue weighted by molar-refractivity contribution is -0.140. The van der Waals surface area contributed by atoms with Crippen molar-refractivity contribution >= 4 is 17.8 Å². The van der Waals surface area contributed by atoms with Gasteiger partial charge in [0.1, 0.15) is 12.1 Å².